The summed E-state index contributed by atoms with van der Waals surface area (Å²) in [5.74, 6) is 0.508. The molecule has 0 saturated carbocycles. The van der Waals surface area contributed by atoms with Crippen molar-refractivity contribution in [1.29, 1.82) is 0 Å². The Morgan fingerprint density at radius 2 is 1.06 bits per heavy atom. The van der Waals surface area contributed by atoms with Crippen molar-refractivity contribution in [1.82, 2.24) is 0 Å². The second-order valence-corrected chi connectivity index (χ2v) is 20.0. The molecular weight excluding hydrogens is 859 g/mol. The predicted octanol–water partition coefficient (Wildman–Crippen LogP) is 20.1. The van der Waals surface area contributed by atoms with Gasteiger partial charge in [-0.15, -0.1) is 0 Å². The number of anilines is 3. The number of para-hydroxylation sites is 1. The Labute approximate surface area is 420 Å². The van der Waals surface area contributed by atoms with E-state index >= 15 is 0 Å². The van der Waals surface area contributed by atoms with Gasteiger partial charge < -0.3 is 9.32 Å². The van der Waals surface area contributed by atoms with E-state index in [0.717, 1.165) is 51.0 Å². The molecule has 2 aliphatic carbocycles. The highest BCUT2D eigenvalue weighted by Crippen LogP contribution is 2.50. The van der Waals surface area contributed by atoms with Crippen LogP contribution in [0.4, 0.5) is 17.1 Å². The maximum absolute atomic E-state index is 6.26. The zero-order valence-corrected chi connectivity index (χ0v) is 41.8. The molecule has 1 aromatic heterocycles. The van der Waals surface area contributed by atoms with Crippen LogP contribution in [0.3, 0.4) is 0 Å². The Balaban J connectivity index is 0.000000721. The molecule has 1 atom stereocenters. The molecule has 10 aromatic rings. The number of nitrogens with zero attached hydrogens (tertiary/aromatic N) is 1. The number of benzene rings is 9. The fraction of sp³-hybridized carbons (Fsp3) is 0.159. The average molecular weight is 920 g/mol. The zero-order valence-electron chi connectivity index (χ0n) is 41.8. The monoisotopic (exact) mass is 919 g/mol. The largest absolute Gasteiger partial charge is 0.456 e. The lowest BCUT2D eigenvalue weighted by Gasteiger charge is -2.26. The highest BCUT2D eigenvalue weighted by atomic mass is 16.3. The molecule has 348 valence electrons. The van der Waals surface area contributed by atoms with Crippen molar-refractivity contribution in [3.8, 4) is 55.6 Å². The number of aryl methyl sites for hydroxylation is 1. The number of allylic oxidation sites excluding steroid dienone is 4. The summed E-state index contributed by atoms with van der Waals surface area (Å²) in [4.78, 5) is 2.37. The normalized spacial score (nSPS) is 13.8. The van der Waals surface area contributed by atoms with Crippen LogP contribution in [0.1, 0.15) is 82.1 Å². The molecule has 1 heterocycles. The molecule has 0 amide bonds. The maximum atomic E-state index is 6.26. The SMILES string of the molecule is CC1=CCCC=C1.CCC(C)c1ccccc1-c1ccc(-c2ccc(N(c3ccc(-c4ccc5c(c4)-c4ccccc4C5(C)C)cc3)c3ccc(-c4cccc5oc6ccccc6c45)cc3)cc2)cc1C. The smallest absolute Gasteiger partial charge is 0.136 e. The van der Waals surface area contributed by atoms with Crippen LogP contribution in [0.25, 0.3) is 77.6 Å². The van der Waals surface area contributed by atoms with Crippen LogP contribution >= 0.6 is 0 Å². The van der Waals surface area contributed by atoms with Crippen LogP contribution in [-0.2, 0) is 5.41 Å². The number of hydrogen-bond acceptors (Lipinski definition) is 2. The molecule has 2 nitrogen and oxygen atoms in total. The third-order valence-corrected chi connectivity index (χ3v) is 15.1. The van der Waals surface area contributed by atoms with Gasteiger partial charge in [-0.05, 0) is 172 Å². The van der Waals surface area contributed by atoms with E-state index in [1.54, 1.807) is 0 Å². The number of fused-ring (bicyclic) bond motifs is 6. The van der Waals surface area contributed by atoms with E-state index in [1.165, 1.54) is 90.7 Å². The molecule has 0 spiro atoms. The van der Waals surface area contributed by atoms with E-state index < -0.39 is 0 Å². The summed E-state index contributed by atoms with van der Waals surface area (Å²) in [5, 5.41) is 2.28. The lowest BCUT2D eigenvalue weighted by Crippen LogP contribution is -2.14. The van der Waals surface area contributed by atoms with Gasteiger partial charge in [-0.1, -0.05) is 197 Å². The van der Waals surface area contributed by atoms with Crippen molar-refractivity contribution in [2.75, 3.05) is 4.90 Å². The van der Waals surface area contributed by atoms with E-state index in [-0.39, 0.29) is 5.41 Å². The summed E-state index contributed by atoms with van der Waals surface area (Å²) in [6.45, 7) is 13.7. The number of rotatable bonds is 9. The van der Waals surface area contributed by atoms with Gasteiger partial charge in [-0.2, -0.15) is 0 Å². The molecule has 9 aromatic carbocycles. The second kappa shape index (κ2) is 19.1. The first-order valence-corrected chi connectivity index (χ1v) is 25.5. The molecule has 1 unspecified atom stereocenters. The molecule has 0 N–H and O–H groups in total. The van der Waals surface area contributed by atoms with Gasteiger partial charge in [0.05, 0.1) is 0 Å². The van der Waals surface area contributed by atoms with Crippen LogP contribution < -0.4 is 4.90 Å². The van der Waals surface area contributed by atoms with Crippen LogP contribution in [0.15, 0.2) is 228 Å². The minimum atomic E-state index is -0.0136. The summed E-state index contributed by atoms with van der Waals surface area (Å²) < 4.78 is 6.26. The molecule has 0 fully saturated rings. The van der Waals surface area contributed by atoms with Crippen molar-refractivity contribution in [3.63, 3.8) is 0 Å². The highest BCUT2D eigenvalue weighted by molar-refractivity contribution is 6.12. The van der Waals surface area contributed by atoms with Crippen LogP contribution in [0, 0.1) is 6.92 Å². The van der Waals surface area contributed by atoms with E-state index in [0.29, 0.717) is 5.92 Å². The van der Waals surface area contributed by atoms with Crippen LogP contribution in [-0.4, -0.2) is 0 Å². The molecular formula is C69H61NO. The van der Waals surface area contributed by atoms with Gasteiger partial charge in [0.15, 0.2) is 0 Å². The van der Waals surface area contributed by atoms with Crippen molar-refractivity contribution in [2.24, 2.45) is 0 Å². The highest BCUT2D eigenvalue weighted by Gasteiger charge is 2.35. The lowest BCUT2D eigenvalue weighted by atomic mass is 9.82. The van der Waals surface area contributed by atoms with Crippen molar-refractivity contribution in [3.05, 3.63) is 246 Å². The van der Waals surface area contributed by atoms with Gasteiger partial charge in [0, 0.05) is 33.2 Å². The lowest BCUT2D eigenvalue weighted by molar-refractivity contribution is 0.660. The van der Waals surface area contributed by atoms with Crippen LogP contribution in [0.2, 0.25) is 0 Å². The van der Waals surface area contributed by atoms with Gasteiger partial charge in [-0.25, -0.2) is 0 Å². The standard InChI is InChI=1S/C62H51NO.C7H10/c1-6-40(2)50-14-7-8-15-53(50)51-36-28-45(38-41(51)3)42-22-30-47(31-23-42)63(49-34-26-44(27-35-49)52-18-13-21-60-61(52)55-17-10-12-20-59(55)64-60)48-32-24-43(25-33-48)46-29-37-58-56(39-46)54-16-9-11-19-57(54)62(58,4)5;1-7-5-3-2-4-6-7/h7-40H,6H2,1-5H3;3,5-6H,2,4H2,1H3. The summed E-state index contributed by atoms with van der Waals surface area (Å²) >= 11 is 0. The van der Waals surface area contributed by atoms with E-state index in [2.05, 4.69) is 253 Å². The summed E-state index contributed by atoms with van der Waals surface area (Å²) in [5.41, 5.74) is 24.5. The van der Waals surface area contributed by atoms with Crippen molar-refractivity contribution in [2.45, 2.75) is 72.1 Å². The first kappa shape index (κ1) is 45.5. The minimum Gasteiger partial charge on any atom is -0.456 e. The van der Waals surface area contributed by atoms with Gasteiger partial charge in [0.25, 0.3) is 0 Å². The topological polar surface area (TPSA) is 16.4 Å². The van der Waals surface area contributed by atoms with Crippen molar-refractivity contribution >= 4 is 39.0 Å². The third-order valence-electron chi connectivity index (χ3n) is 15.1. The van der Waals surface area contributed by atoms with Gasteiger partial charge in [0.2, 0.25) is 0 Å². The Bertz CT molecular complexity index is 3620. The van der Waals surface area contributed by atoms with Gasteiger partial charge in [-0.3, -0.25) is 0 Å². The predicted molar refractivity (Wildman–Crippen MR) is 303 cm³/mol. The van der Waals surface area contributed by atoms with E-state index in [9.17, 15) is 0 Å². The van der Waals surface area contributed by atoms with Crippen LogP contribution in [0.5, 0.6) is 0 Å². The quantitative estimate of drug-likeness (QED) is 0.143. The number of furan rings is 1. The molecule has 2 aliphatic rings. The van der Waals surface area contributed by atoms with E-state index in [4.69, 9.17) is 4.42 Å². The summed E-state index contributed by atoms with van der Waals surface area (Å²) in [6, 6.07) is 73.5. The molecule has 71 heavy (non-hydrogen) atoms. The fourth-order valence-corrected chi connectivity index (χ4v) is 11.0. The van der Waals surface area contributed by atoms with Gasteiger partial charge in [0.1, 0.15) is 11.2 Å². The van der Waals surface area contributed by atoms with Gasteiger partial charge >= 0.3 is 0 Å². The second-order valence-electron chi connectivity index (χ2n) is 20.0. The number of hydrogen-bond donors (Lipinski definition) is 0. The summed E-state index contributed by atoms with van der Waals surface area (Å²) in [7, 11) is 0. The maximum Gasteiger partial charge on any atom is 0.136 e. The third kappa shape index (κ3) is 8.63. The minimum absolute atomic E-state index is 0.0136. The Morgan fingerprint density at radius 3 is 1.70 bits per heavy atom. The fourth-order valence-electron chi connectivity index (χ4n) is 11.0. The Kier molecular flexibility index (Phi) is 12.2. The Hall–Kier alpha value is -7.94. The molecule has 0 bridgehead atoms. The molecule has 12 rings (SSSR count). The summed E-state index contributed by atoms with van der Waals surface area (Å²) in [6.07, 6.45) is 10.2. The first-order chi connectivity index (χ1) is 34.7. The molecule has 0 aliphatic heterocycles. The molecule has 0 saturated heterocycles. The molecule has 0 radical (unpaired) electrons. The van der Waals surface area contributed by atoms with Crippen molar-refractivity contribution < 1.29 is 4.42 Å². The average Bonchev–Trinajstić information content (AvgIpc) is 3.91. The first-order valence-electron chi connectivity index (χ1n) is 25.5. The zero-order chi connectivity index (χ0) is 48.6. The molecule has 2 heteroatoms. The van der Waals surface area contributed by atoms with E-state index in [1.807, 2.05) is 12.1 Å². The Morgan fingerprint density at radius 1 is 0.493 bits per heavy atom.